The highest BCUT2D eigenvalue weighted by atomic mass is 32.2. The molecule has 1 unspecified atom stereocenters. The highest BCUT2D eigenvalue weighted by molar-refractivity contribution is 7.88. The molecule has 0 saturated carbocycles. The van der Waals surface area contributed by atoms with Crippen LogP contribution in [-0.2, 0) is 14.8 Å². The minimum Gasteiger partial charge on any atom is -0.378 e. The van der Waals surface area contributed by atoms with E-state index >= 15 is 0 Å². The molecule has 1 atom stereocenters. The standard InChI is InChI=1S/C14H16N2O3S2/c1-21(17,18)16-7-8-19-9-13(16)12-10-20-14(15-12)11-5-3-2-4-6-11/h2-6,10,13H,7-9H2,1H3. The maximum absolute atomic E-state index is 11.9. The molecule has 1 saturated heterocycles. The van der Waals surface area contributed by atoms with Crippen LogP contribution >= 0.6 is 11.3 Å². The van der Waals surface area contributed by atoms with Crippen LogP contribution < -0.4 is 0 Å². The van der Waals surface area contributed by atoms with E-state index in [2.05, 4.69) is 4.98 Å². The van der Waals surface area contributed by atoms with E-state index < -0.39 is 10.0 Å². The summed E-state index contributed by atoms with van der Waals surface area (Å²) in [4.78, 5) is 4.60. The second-order valence-electron chi connectivity index (χ2n) is 4.91. The van der Waals surface area contributed by atoms with Crippen molar-refractivity contribution in [2.75, 3.05) is 26.0 Å². The zero-order chi connectivity index (χ0) is 14.9. The zero-order valence-corrected chi connectivity index (χ0v) is 13.2. The molecular formula is C14H16N2O3S2. The Labute approximate surface area is 128 Å². The lowest BCUT2D eigenvalue weighted by molar-refractivity contribution is 0.0311. The number of rotatable bonds is 3. The summed E-state index contributed by atoms with van der Waals surface area (Å²) in [5.41, 5.74) is 1.79. The maximum atomic E-state index is 11.9. The monoisotopic (exact) mass is 324 g/mol. The summed E-state index contributed by atoms with van der Waals surface area (Å²) in [7, 11) is -3.26. The molecule has 0 spiro atoms. The van der Waals surface area contributed by atoms with Crippen molar-refractivity contribution in [1.29, 1.82) is 0 Å². The summed E-state index contributed by atoms with van der Waals surface area (Å²) in [6.07, 6.45) is 1.23. The van der Waals surface area contributed by atoms with Crippen molar-refractivity contribution in [3.63, 3.8) is 0 Å². The minimum absolute atomic E-state index is 0.331. The van der Waals surface area contributed by atoms with Crippen molar-refractivity contribution in [2.45, 2.75) is 6.04 Å². The summed E-state index contributed by atoms with van der Waals surface area (Å²) in [5.74, 6) is 0. The van der Waals surface area contributed by atoms with Crippen LogP contribution in [0, 0.1) is 0 Å². The Kier molecular flexibility index (Phi) is 4.08. The van der Waals surface area contributed by atoms with E-state index in [1.807, 2.05) is 35.7 Å². The molecule has 0 radical (unpaired) electrons. The molecule has 0 amide bonds. The van der Waals surface area contributed by atoms with Gasteiger partial charge in [-0.15, -0.1) is 11.3 Å². The van der Waals surface area contributed by atoms with E-state index in [0.717, 1.165) is 16.3 Å². The Hall–Kier alpha value is -1.28. The van der Waals surface area contributed by atoms with E-state index in [-0.39, 0.29) is 6.04 Å². The van der Waals surface area contributed by atoms with Crippen LogP contribution in [0.15, 0.2) is 35.7 Å². The quantitative estimate of drug-likeness (QED) is 0.868. The number of sulfonamides is 1. The minimum atomic E-state index is -3.26. The zero-order valence-electron chi connectivity index (χ0n) is 11.6. The predicted octanol–water partition coefficient (Wildman–Crippen LogP) is 2.14. The number of ether oxygens (including phenoxy) is 1. The molecule has 0 aliphatic carbocycles. The lowest BCUT2D eigenvalue weighted by Gasteiger charge is -2.32. The van der Waals surface area contributed by atoms with E-state index in [1.165, 1.54) is 21.9 Å². The lowest BCUT2D eigenvalue weighted by Crippen LogP contribution is -2.42. The van der Waals surface area contributed by atoms with Crippen molar-refractivity contribution in [2.24, 2.45) is 0 Å². The molecule has 1 aromatic carbocycles. The number of nitrogens with zero attached hydrogens (tertiary/aromatic N) is 2. The second kappa shape index (κ2) is 5.84. The normalized spacial score (nSPS) is 20.5. The first-order chi connectivity index (χ1) is 10.1. The van der Waals surface area contributed by atoms with Gasteiger partial charge in [0.25, 0.3) is 0 Å². The molecule has 1 fully saturated rings. The number of hydrogen-bond donors (Lipinski definition) is 0. The van der Waals surface area contributed by atoms with Crippen molar-refractivity contribution in [3.8, 4) is 10.6 Å². The molecule has 3 rings (SSSR count). The van der Waals surface area contributed by atoms with Gasteiger partial charge in [-0.3, -0.25) is 0 Å². The number of aromatic nitrogens is 1. The first kappa shape index (κ1) is 14.6. The van der Waals surface area contributed by atoms with Gasteiger partial charge >= 0.3 is 0 Å². The molecule has 0 N–H and O–H groups in total. The van der Waals surface area contributed by atoms with E-state index in [4.69, 9.17) is 4.74 Å². The third-order valence-electron chi connectivity index (χ3n) is 3.39. The molecule has 5 nitrogen and oxygen atoms in total. The molecule has 21 heavy (non-hydrogen) atoms. The van der Waals surface area contributed by atoms with Crippen LogP contribution in [0.25, 0.3) is 10.6 Å². The van der Waals surface area contributed by atoms with Gasteiger partial charge in [-0.25, -0.2) is 13.4 Å². The Morgan fingerprint density at radius 1 is 1.33 bits per heavy atom. The van der Waals surface area contributed by atoms with Crippen molar-refractivity contribution < 1.29 is 13.2 Å². The van der Waals surface area contributed by atoms with Gasteiger partial charge in [0.05, 0.1) is 31.2 Å². The first-order valence-electron chi connectivity index (χ1n) is 6.61. The van der Waals surface area contributed by atoms with Crippen LogP contribution in [0.1, 0.15) is 11.7 Å². The van der Waals surface area contributed by atoms with Crippen LogP contribution in [-0.4, -0.2) is 43.7 Å². The van der Waals surface area contributed by atoms with Gasteiger partial charge in [0, 0.05) is 17.5 Å². The number of hydrogen-bond acceptors (Lipinski definition) is 5. The molecule has 1 aliphatic rings. The molecule has 1 aliphatic heterocycles. The third-order valence-corrected chi connectivity index (χ3v) is 5.59. The van der Waals surface area contributed by atoms with Crippen molar-refractivity contribution >= 4 is 21.4 Å². The Morgan fingerprint density at radius 3 is 2.81 bits per heavy atom. The molecular weight excluding hydrogens is 308 g/mol. The summed E-state index contributed by atoms with van der Waals surface area (Å²) >= 11 is 1.52. The van der Waals surface area contributed by atoms with Gasteiger partial charge < -0.3 is 4.74 Å². The Morgan fingerprint density at radius 2 is 2.10 bits per heavy atom. The maximum Gasteiger partial charge on any atom is 0.211 e. The van der Waals surface area contributed by atoms with Crippen LogP contribution in [0.3, 0.4) is 0 Å². The fraction of sp³-hybridized carbons (Fsp3) is 0.357. The van der Waals surface area contributed by atoms with Gasteiger partial charge in [-0.05, 0) is 0 Å². The average molecular weight is 324 g/mol. The van der Waals surface area contributed by atoms with Gasteiger partial charge in [0.15, 0.2) is 0 Å². The van der Waals surface area contributed by atoms with Gasteiger partial charge in [0.2, 0.25) is 10.0 Å². The number of morpholine rings is 1. The first-order valence-corrected chi connectivity index (χ1v) is 9.34. The average Bonchev–Trinajstić information content (AvgIpc) is 2.97. The Balaban J connectivity index is 1.91. The van der Waals surface area contributed by atoms with Crippen LogP contribution in [0.4, 0.5) is 0 Å². The van der Waals surface area contributed by atoms with E-state index in [9.17, 15) is 8.42 Å². The molecule has 7 heteroatoms. The molecule has 0 bridgehead atoms. The molecule has 112 valence electrons. The largest absolute Gasteiger partial charge is 0.378 e. The smallest absolute Gasteiger partial charge is 0.211 e. The molecule has 2 aromatic rings. The van der Waals surface area contributed by atoms with Gasteiger partial charge in [-0.2, -0.15) is 4.31 Å². The van der Waals surface area contributed by atoms with Crippen LogP contribution in [0.2, 0.25) is 0 Å². The third kappa shape index (κ3) is 3.16. The SMILES string of the molecule is CS(=O)(=O)N1CCOCC1c1csc(-c2ccccc2)n1. The Bertz CT molecular complexity index is 713. The lowest BCUT2D eigenvalue weighted by atomic mass is 10.2. The summed E-state index contributed by atoms with van der Waals surface area (Å²) in [5, 5.41) is 2.81. The topological polar surface area (TPSA) is 59.5 Å². The fourth-order valence-electron chi connectivity index (χ4n) is 2.37. The second-order valence-corrected chi connectivity index (χ2v) is 7.70. The summed E-state index contributed by atoms with van der Waals surface area (Å²) in [6.45, 7) is 1.16. The van der Waals surface area contributed by atoms with Gasteiger partial charge in [0.1, 0.15) is 5.01 Å². The fourth-order valence-corrected chi connectivity index (χ4v) is 4.28. The number of benzene rings is 1. The highest BCUT2D eigenvalue weighted by Crippen LogP contribution is 2.31. The number of thiazole rings is 1. The summed E-state index contributed by atoms with van der Waals surface area (Å²) < 4.78 is 30.7. The summed E-state index contributed by atoms with van der Waals surface area (Å²) in [6, 6.07) is 9.54. The van der Waals surface area contributed by atoms with Crippen LogP contribution in [0.5, 0.6) is 0 Å². The van der Waals surface area contributed by atoms with Crippen molar-refractivity contribution in [1.82, 2.24) is 9.29 Å². The van der Waals surface area contributed by atoms with E-state index in [0.29, 0.717) is 19.8 Å². The molecule has 1 aromatic heterocycles. The van der Waals surface area contributed by atoms with E-state index in [1.54, 1.807) is 0 Å². The predicted molar refractivity (Wildman–Crippen MR) is 82.7 cm³/mol. The van der Waals surface area contributed by atoms with Crippen molar-refractivity contribution in [3.05, 3.63) is 41.4 Å². The van der Waals surface area contributed by atoms with Gasteiger partial charge in [-0.1, -0.05) is 30.3 Å². The highest BCUT2D eigenvalue weighted by Gasteiger charge is 2.32. The molecule has 2 heterocycles.